The minimum Gasteiger partial charge on any atom is -0.467 e. The Morgan fingerprint density at radius 3 is 2.64 bits per heavy atom. The number of methoxy groups -OCH3 is 1. The van der Waals surface area contributed by atoms with Crippen LogP contribution in [0.5, 0.6) is 5.75 Å². The lowest BCUT2D eigenvalue weighted by atomic mass is 9.82. The molecule has 2 aromatic heterocycles. The van der Waals surface area contributed by atoms with Crippen molar-refractivity contribution in [2.45, 2.75) is 64.8 Å². The standard InChI is InChI=1S/C29H39FN6O3/c1-29(2,3)28-24(31-4)11-12-35(28)26-10-9-23(33-34-26)21-14-22(30)20(15-25(21)39-18-37-5)19-16-32-36(17-19)27-8-6-7-13-38-27/h9-10,14-17,24,27-28,31H,6-8,11-13,18H2,1-5H3. The van der Waals surface area contributed by atoms with Crippen molar-refractivity contribution < 1.29 is 18.6 Å². The molecule has 3 unspecified atom stereocenters. The zero-order valence-electron chi connectivity index (χ0n) is 23.5. The second-order valence-electron chi connectivity index (χ2n) is 11.4. The highest BCUT2D eigenvalue weighted by molar-refractivity contribution is 5.75. The van der Waals surface area contributed by atoms with Gasteiger partial charge in [-0.2, -0.15) is 5.10 Å². The number of rotatable bonds is 8. The molecule has 1 N–H and O–H groups in total. The van der Waals surface area contributed by atoms with E-state index in [1.54, 1.807) is 24.1 Å². The summed E-state index contributed by atoms with van der Waals surface area (Å²) in [5.41, 5.74) is 2.13. The highest BCUT2D eigenvalue weighted by Crippen LogP contribution is 2.38. The Kier molecular flexibility index (Phi) is 8.16. The molecular formula is C29H39FN6O3. The van der Waals surface area contributed by atoms with Gasteiger partial charge in [-0.25, -0.2) is 9.07 Å². The summed E-state index contributed by atoms with van der Waals surface area (Å²) in [6.45, 7) is 8.37. The first-order valence-corrected chi connectivity index (χ1v) is 13.7. The molecular weight excluding hydrogens is 499 g/mol. The molecule has 2 aliphatic heterocycles. The van der Waals surface area contributed by atoms with E-state index in [2.05, 4.69) is 46.3 Å². The molecule has 5 rings (SSSR count). The van der Waals surface area contributed by atoms with E-state index in [0.717, 1.165) is 38.0 Å². The summed E-state index contributed by atoms with van der Waals surface area (Å²) in [6, 6.07) is 7.61. The van der Waals surface area contributed by atoms with Gasteiger partial charge in [0.05, 0.1) is 17.9 Å². The molecule has 2 aliphatic rings. The molecule has 0 bridgehead atoms. The van der Waals surface area contributed by atoms with Gasteiger partial charge in [-0.3, -0.25) is 0 Å². The predicted molar refractivity (Wildman–Crippen MR) is 148 cm³/mol. The molecule has 0 amide bonds. The second kappa shape index (κ2) is 11.6. The van der Waals surface area contributed by atoms with Crippen molar-refractivity contribution in [3.8, 4) is 28.1 Å². The SMILES string of the molecule is CNC1CCN(c2ccc(-c3cc(F)c(-c4cnn(C5CCCCO5)c4)cc3OCOC)nn2)C1C(C)(C)C. The van der Waals surface area contributed by atoms with Gasteiger partial charge >= 0.3 is 0 Å². The van der Waals surface area contributed by atoms with Crippen molar-refractivity contribution in [3.05, 3.63) is 42.5 Å². The molecule has 10 heteroatoms. The minimum absolute atomic E-state index is 0.0191. The maximum Gasteiger partial charge on any atom is 0.188 e. The van der Waals surface area contributed by atoms with Crippen LogP contribution in [-0.2, 0) is 9.47 Å². The van der Waals surface area contributed by atoms with Crippen molar-refractivity contribution in [1.29, 1.82) is 0 Å². The molecule has 0 spiro atoms. The monoisotopic (exact) mass is 538 g/mol. The number of likely N-dealkylation sites (N-methyl/N-ethyl adjacent to an activating group) is 1. The van der Waals surface area contributed by atoms with Gasteiger partial charge in [0.25, 0.3) is 0 Å². The topological polar surface area (TPSA) is 86.6 Å². The molecule has 2 saturated heterocycles. The summed E-state index contributed by atoms with van der Waals surface area (Å²) in [6.07, 6.45) is 7.42. The lowest BCUT2D eigenvalue weighted by Gasteiger charge is -2.38. The zero-order valence-corrected chi connectivity index (χ0v) is 23.5. The smallest absolute Gasteiger partial charge is 0.188 e. The average Bonchev–Trinajstić information content (AvgIpc) is 3.61. The third-order valence-electron chi connectivity index (χ3n) is 7.64. The van der Waals surface area contributed by atoms with Crippen LogP contribution in [0.1, 0.15) is 52.7 Å². The van der Waals surface area contributed by atoms with Gasteiger partial charge in [-0.1, -0.05) is 20.8 Å². The van der Waals surface area contributed by atoms with E-state index >= 15 is 4.39 Å². The first-order chi connectivity index (χ1) is 18.8. The van der Waals surface area contributed by atoms with Crippen LogP contribution >= 0.6 is 0 Å². The number of ether oxygens (including phenoxy) is 3. The Morgan fingerprint density at radius 2 is 1.97 bits per heavy atom. The molecule has 4 heterocycles. The molecule has 2 fully saturated rings. The molecule has 3 aromatic rings. The summed E-state index contributed by atoms with van der Waals surface area (Å²) in [4.78, 5) is 2.32. The first-order valence-electron chi connectivity index (χ1n) is 13.7. The van der Waals surface area contributed by atoms with E-state index < -0.39 is 5.82 Å². The maximum atomic E-state index is 15.5. The van der Waals surface area contributed by atoms with Crippen LogP contribution in [0, 0.1) is 11.2 Å². The van der Waals surface area contributed by atoms with Gasteiger partial charge in [-0.15, -0.1) is 10.2 Å². The highest BCUT2D eigenvalue weighted by Gasteiger charge is 2.41. The molecule has 39 heavy (non-hydrogen) atoms. The van der Waals surface area contributed by atoms with Crippen molar-refractivity contribution in [2.24, 2.45) is 5.41 Å². The summed E-state index contributed by atoms with van der Waals surface area (Å²) in [7, 11) is 3.56. The summed E-state index contributed by atoms with van der Waals surface area (Å²) >= 11 is 0. The normalized spacial score (nSPS) is 21.9. The lowest BCUT2D eigenvalue weighted by molar-refractivity contribution is -0.0394. The molecule has 0 saturated carbocycles. The highest BCUT2D eigenvalue weighted by atomic mass is 19.1. The van der Waals surface area contributed by atoms with E-state index in [0.29, 0.717) is 40.8 Å². The Morgan fingerprint density at radius 1 is 1.13 bits per heavy atom. The number of nitrogens with one attached hydrogen (secondary N) is 1. The fraction of sp³-hybridized carbons (Fsp3) is 0.552. The Labute approximate surface area is 229 Å². The summed E-state index contributed by atoms with van der Waals surface area (Å²) in [5.74, 6) is 0.875. The number of nitrogens with zero attached hydrogens (tertiary/aromatic N) is 5. The Hall–Kier alpha value is -3.08. The van der Waals surface area contributed by atoms with Crippen LogP contribution in [0.4, 0.5) is 10.2 Å². The number of aromatic nitrogens is 4. The van der Waals surface area contributed by atoms with Gasteiger partial charge in [0.2, 0.25) is 0 Å². The largest absolute Gasteiger partial charge is 0.467 e. The minimum atomic E-state index is -0.394. The summed E-state index contributed by atoms with van der Waals surface area (Å²) < 4.78 is 34.2. The lowest BCUT2D eigenvalue weighted by Crippen LogP contribution is -2.49. The molecule has 0 radical (unpaired) electrons. The maximum absolute atomic E-state index is 15.5. The van der Waals surface area contributed by atoms with Gasteiger partial charge < -0.3 is 24.4 Å². The number of anilines is 1. The van der Waals surface area contributed by atoms with Crippen LogP contribution in [0.3, 0.4) is 0 Å². The molecule has 3 atom stereocenters. The fourth-order valence-corrected chi connectivity index (χ4v) is 5.83. The second-order valence-corrected chi connectivity index (χ2v) is 11.4. The van der Waals surface area contributed by atoms with Crippen LogP contribution in [0.15, 0.2) is 36.7 Å². The number of benzene rings is 1. The number of hydrogen-bond acceptors (Lipinski definition) is 8. The van der Waals surface area contributed by atoms with Crippen molar-refractivity contribution in [1.82, 2.24) is 25.3 Å². The molecule has 210 valence electrons. The van der Waals surface area contributed by atoms with Gasteiger partial charge in [0, 0.05) is 49.2 Å². The van der Waals surface area contributed by atoms with Crippen molar-refractivity contribution in [3.63, 3.8) is 0 Å². The van der Waals surface area contributed by atoms with Crippen LogP contribution < -0.4 is 15.0 Å². The average molecular weight is 539 g/mol. The van der Waals surface area contributed by atoms with Crippen molar-refractivity contribution in [2.75, 3.05) is 39.0 Å². The van der Waals surface area contributed by atoms with Crippen LogP contribution in [0.25, 0.3) is 22.4 Å². The van der Waals surface area contributed by atoms with Crippen LogP contribution in [0.2, 0.25) is 0 Å². The van der Waals surface area contributed by atoms with E-state index in [9.17, 15) is 0 Å². The third kappa shape index (κ3) is 5.78. The van der Waals surface area contributed by atoms with E-state index in [1.807, 2.05) is 25.4 Å². The third-order valence-corrected chi connectivity index (χ3v) is 7.64. The predicted octanol–water partition coefficient (Wildman–Crippen LogP) is 5.04. The Bertz CT molecular complexity index is 1250. The van der Waals surface area contributed by atoms with Gasteiger partial charge in [0.1, 0.15) is 17.8 Å². The molecule has 9 nitrogen and oxygen atoms in total. The van der Waals surface area contributed by atoms with E-state index in [1.165, 1.54) is 6.07 Å². The zero-order chi connectivity index (χ0) is 27.6. The quantitative estimate of drug-likeness (QED) is 0.399. The van der Waals surface area contributed by atoms with E-state index in [-0.39, 0.29) is 24.5 Å². The molecule has 1 aromatic carbocycles. The van der Waals surface area contributed by atoms with Gasteiger partial charge in [0.15, 0.2) is 12.6 Å². The van der Waals surface area contributed by atoms with E-state index in [4.69, 9.17) is 14.2 Å². The van der Waals surface area contributed by atoms with Crippen LogP contribution in [-0.4, -0.2) is 66.2 Å². The fourth-order valence-electron chi connectivity index (χ4n) is 5.83. The first kappa shape index (κ1) is 27.5. The van der Waals surface area contributed by atoms with Crippen molar-refractivity contribution >= 4 is 5.82 Å². The summed E-state index contributed by atoms with van der Waals surface area (Å²) in [5, 5.41) is 17.0. The molecule has 0 aliphatic carbocycles. The van der Waals surface area contributed by atoms with Gasteiger partial charge in [-0.05, 0) is 62.4 Å². The Balaban J connectivity index is 1.44. The number of hydrogen-bond donors (Lipinski definition) is 1. The number of halogens is 1.